The summed E-state index contributed by atoms with van der Waals surface area (Å²) in [6, 6.07) is 14.1. The van der Waals surface area contributed by atoms with Crippen molar-refractivity contribution < 1.29 is 14.3 Å². The molecule has 2 aromatic rings. The highest BCUT2D eigenvalue weighted by Crippen LogP contribution is 2.42. The first kappa shape index (κ1) is 18.2. The number of methoxy groups -OCH3 is 2. The molecule has 0 saturated heterocycles. The Morgan fingerprint density at radius 2 is 1.81 bits per heavy atom. The normalized spacial score (nSPS) is 16.5. The molecule has 4 nitrogen and oxygen atoms in total. The Labute approximate surface area is 155 Å². The minimum Gasteiger partial charge on any atom is -0.496 e. The van der Waals surface area contributed by atoms with Crippen molar-refractivity contribution in [2.45, 2.75) is 32.4 Å². The van der Waals surface area contributed by atoms with Gasteiger partial charge in [-0.2, -0.15) is 0 Å². The van der Waals surface area contributed by atoms with Crippen LogP contribution >= 0.6 is 0 Å². The van der Waals surface area contributed by atoms with Crippen LogP contribution in [0.3, 0.4) is 0 Å². The zero-order valence-corrected chi connectivity index (χ0v) is 15.9. The van der Waals surface area contributed by atoms with Gasteiger partial charge >= 0.3 is 0 Å². The molecule has 0 radical (unpaired) electrons. The van der Waals surface area contributed by atoms with Gasteiger partial charge in [-0.1, -0.05) is 30.3 Å². The van der Waals surface area contributed by atoms with E-state index in [1.54, 1.807) is 19.1 Å². The van der Waals surface area contributed by atoms with Gasteiger partial charge in [-0.15, -0.1) is 0 Å². The molecule has 0 N–H and O–H groups in total. The number of nitrogens with zero attached hydrogens (tertiary/aromatic N) is 1. The molecule has 0 saturated carbocycles. The molecular formula is C22H25NO3. The second-order valence-corrected chi connectivity index (χ2v) is 7.04. The summed E-state index contributed by atoms with van der Waals surface area (Å²) in [5.41, 5.74) is 4.63. The number of fused-ring (bicyclic) bond motifs is 1. The number of amides is 1. The zero-order chi connectivity index (χ0) is 18.9. The summed E-state index contributed by atoms with van der Waals surface area (Å²) in [6.45, 7) is 6.08. The highest BCUT2D eigenvalue weighted by atomic mass is 16.5. The lowest BCUT2D eigenvalue weighted by Gasteiger charge is -2.40. The predicted molar refractivity (Wildman–Crippen MR) is 106 cm³/mol. The minimum atomic E-state index is -0.414. The van der Waals surface area contributed by atoms with Crippen molar-refractivity contribution >= 4 is 17.7 Å². The fourth-order valence-corrected chi connectivity index (χ4v) is 3.52. The van der Waals surface area contributed by atoms with Crippen LogP contribution in [0.15, 0.2) is 48.5 Å². The first-order valence-corrected chi connectivity index (χ1v) is 8.71. The number of benzene rings is 2. The SMILES string of the molecule is COc1ccccc1-c1ccc2c(c1)C(C(C)OC)=CC(C)(C)N2C=O. The molecule has 1 unspecified atom stereocenters. The van der Waals surface area contributed by atoms with Gasteiger partial charge in [-0.05, 0) is 50.1 Å². The first-order chi connectivity index (χ1) is 12.4. The maximum Gasteiger partial charge on any atom is 0.214 e. The molecule has 1 aliphatic heterocycles. The van der Waals surface area contributed by atoms with Crippen LogP contribution in [0.2, 0.25) is 0 Å². The summed E-state index contributed by atoms with van der Waals surface area (Å²) in [4.78, 5) is 13.5. The van der Waals surface area contributed by atoms with Crippen LogP contribution in [0.1, 0.15) is 26.3 Å². The summed E-state index contributed by atoms with van der Waals surface area (Å²) in [5, 5.41) is 0. The zero-order valence-electron chi connectivity index (χ0n) is 15.9. The van der Waals surface area contributed by atoms with Gasteiger partial charge in [0.05, 0.1) is 24.4 Å². The van der Waals surface area contributed by atoms with E-state index in [4.69, 9.17) is 9.47 Å². The van der Waals surface area contributed by atoms with Crippen molar-refractivity contribution in [2.24, 2.45) is 0 Å². The number of ether oxygens (including phenoxy) is 2. The van der Waals surface area contributed by atoms with Crippen molar-refractivity contribution in [3.8, 4) is 16.9 Å². The average Bonchev–Trinajstić information content (AvgIpc) is 2.66. The smallest absolute Gasteiger partial charge is 0.214 e. The lowest BCUT2D eigenvalue weighted by Crippen LogP contribution is -2.45. The van der Waals surface area contributed by atoms with E-state index in [0.29, 0.717) is 0 Å². The van der Waals surface area contributed by atoms with E-state index in [1.165, 1.54) is 0 Å². The van der Waals surface area contributed by atoms with E-state index in [9.17, 15) is 4.79 Å². The molecule has 0 aromatic heterocycles. The lowest BCUT2D eigenvalue weighted by atomic mass is 9.85. The molecule has 3 rings (SSSR count). The van der Waals surface area contributed by atoms with Crippen LogP contribution < -0.4 is 9.64 Å². The van der Waals surface area contributed by atoms with E-state index in [2.05, 4.69) is 12.1 Å². The number of rotatable bonds is 5. The maximum atomic E-state index is 11.8. The minimum absolute atomic E-state index is 0.0743. The Morgan fingerprint density at radius 3 is 2.46 bits per heavy atom. The Balaban J connectivity index is 2.22. The highest BCUT2D eigenvalue weighted by molar-refractivity contribution is 5.93. The van der Waals surface area contributed by atoms with E-state index < -0.39 is 5.54 Å². The molecule has 0 bridgehead atoms. The first-order valence-electron chi connectivity index (χ1n) is 8.71. The van der Waals surface area contributed by atoms with Gasteiger partial charge in [0.2, 0.25) is 6.41 Å². The van der Waals surface area contributed by atoms with Crippen molar-refractivity contribution in [1.29, 1.82) is 0 Å². The molecule has 136 valence electrons. The second kappa shape index (κ2) is 6.96. The van der Waals surface area contributed by atoms with Gasteiger partial charge in [0.1, 0.15) is 5.75 Å². The van der Waals surface area contributed by atoms with Crippen LogP contribution in [0.5, 0.6) is 5.75 Å². The van der Waals surface area contributed by atoms with Crippen molar-refractivity contribution in [3.63, 3.8) is 0 Å². The third-order valence-corrected chi connectivity index (χ3v) is 5.01. The quantitative estimate of drug-likeness (QED) is 0.743. The van der Waals surface area contributed by atoms with Gasteiger partial charge in [0.15, 0.2) is 0 Å². The Bertz CT molecular complexity index is 854. The van der Waals surface area contributed by atoms with E-state index in [1.807, 2.05) is 57.2 Å². The van der Waals surface area contributed by atoms with Crippen molar-refractivity contribution in [2.75, 3.05) is 19.1 Å². The fraction of sp³-hybridized carbons (Fsp3) is 0.318. The molecule has 0 aliphatic carbocycles. The Hall–Kier alpha value is -2.59. The van der Waals surface area contributed by atoms with E-state index in [0.717, 1.165) is 40.1 Å². The molecular weight excluding hydrogens is 326 g/mol. The molecule has 0 spiro atoms. The largest absolute Gasteiger partial charge is 0.496 e. The monoisotopic (exact) mass is 351 g/mol. The molecule has 1 atom stereocenters. The summed E-state index contributed by atoms with van der Waals surface area (Å²) < 4.78 is 11.1. The molecule has 0 fully saturated rings. The molecule has 4 heteroatoms. The molecule has 1 amide bonds. The molecule has 1 heterocycles. The van der Waals surface area contributed by atoms with Crippen molar-refractivity contribution in [3.05, 3.63) is 54.1 Å². The number of hydrogen-bond acceptors (Lipinski definition) is 3. The summed E-state index contributed by atoms with van der Waals surface area (Å²) in [7, 11) is 3.38. The van der Waals surface area contributed by atoms with Crippen molar-refractivity contribution in [1.82, 2.24) is 0 Å². The van der Waals surface area contributed by atoms with E-state index in [-0.39, 0.29) is 6.10 Å². The fourth-order valence-electron chi connectivity index (χ4n) is 3.52. The highest BCUT2D eigenvalue weighted by Gasteiger charge is 2.34. The lowest BCUT2D eigenvalue weighted by molar-refractivity contribution is -0.108. The molecule has 26 heavy (non-hydrogen) atoms. The van der Waals surface area contributed by atoms with Gasteiger partial charge < -0.3 is 14.4 Å². The number of para-hydroxylation sites is 1. The number of hydrogen-bond donors (Lipinski definition) is 0. The number of carbonyl (C=O) groups is 1. The predicted octanol–water partition coefficient (Wildman–Crippen LogP) is 4.54. The summed E-state index contributed by atoms with van der Waals surface area (Å²) in [6.07, 6.45) is 2.94. The third kappa shape index (κ3) is 3.01. The van der Waals surface area contributed by atoms with Crippen LogP contribution in [0.4, 0.5) is 5.69 Å². The standard InChI is InChI=1S/C22H25NO3/c1-15(25-4)19-13-22(2,3)23(14-24)20-11-10-16(12-18(19)20)17-8-6-7-9-21(17)26-5/h6-15H,1-5H3. The van der Waals surface area contributed by atoms with Gasteiger partial charge in [-0.25, -0.2) is 0 Å². The maximum absolute atomic E-state index is 11.8. The average molecular weight is 351 g/mol. The number of carbonyl (C=O) groups excluding carboxylic acids is 1. The van der Waals surface area contributed by atoms with Crippen LogP contribution in [-0.4, -0.2) is 32.3 Å². The van der Waals surface area contributed by atoms with Crippen LogP contribution in [0, 0.1) is 0 Å². The topological polar surface area (TPSA) is 38.8 Å². The van der Waals surface area contributed by atoms with E-state index >= 15 is 0 Å². The Kier molecular flexibility index (Phi) is 4.88. The summed E-state index contributed by atoms with van der Waals surface area (Å²) in [5.74, 6) is 0.821. The second-order valence-electron chi connectivity index (χ2n) is 7.04. The summed E-state index contributed by atoms with van der Waals surface area (Å²) >= 11 is 0. The van der Waals surface area contributed by atoms with Gasteiger partial charge in [0, 0.05) is 18.2 Å². The molecule has 1 aliphatic rings. The van der Waals surface area contributed by atoms with Crippen LogP contribution in [0.25, 0.3) is 16.7 Å². The number of anilines is 1. The van der Waals surface area contributed by atoms with Gasteiger partial charge in [-0.3, -0.25) is 4.79 Å². The Morgan fingerprint density at radius 1 is 1.08 bits per heavy atom. The third-order valence-electron chi connectivity index (χ3n) is 5.01. The van der Waals surface area contributed by atoms with Crippen LogP contribution in [-0.2, 0) is 9.53 Å². The van der Waals surface area contributed by atoms with Gasteiger partial charge in [0.25, 0.3) is 0 Å². The molecule has 2 aromatic carbocycles.